The van der Waals surface area contributed by atoms with Gasteiger partial charge in [-0.3, -0.25) is 4.79 Å². The monoisotopic (exact) mass is 528 g/mol. The fourth-order valence-electron chi connectivity index (χ4n) is 5.09. The molecule has 0 bridgehead atoms. The highest BCUT2D eigenvalue weighted by Gasteiger charge is 2.34. The number of nitrogens with two attached hydrogens (primary N) is 1. The molecule has 1 aromatic carbocycles. The summed E-state index contributed by atoms with van der Waals surface area (Å²) in [4.78, 5) is 41.4. The van der Waals surface area contributed by atoms with Crippen LogP contribution in [0.25, 0.3) is 0 Å². The predicted octanol–water partition coefficient (Wildman–Crippen LogP) is 0.890. The van der Waals surface area contributed by atoms with E-state index in [0.29, 0.717) is 31.1 Å². The third kappa shape index (κ3) is 5.41. The molecule has 1 aromatic heterocycles. The number of urea groups is 1. The van der Waals surface area contributed by atoms with Gasteiger partial charge in [-0.05, 0) is 37.1 Å². The first-order valence-corrected chi connectivity index (χ1v) is 14.3. The lowest BCUT2D eigenvalue weighted by molar-refractivity contribution is 0.0996. The first kappa shape index (κ1) is 25.1. The van der Waals surface area contributed by atoms with E-state index in [9.17, 15) is 18.0 Å². The largest absolute Gasteiger partial charge is 0.369 e. The number of anilines is 4. The number of piperidine rings is 1. The van der Waals surface area contributed by atoms with E-state index in [0.717, 1.165) is 38.2 Å². The van der Waals surface area contributed by atoms with Crippen LogP contribution >= 0.6 is 0 Å². The number of aromatic nitrogens is 2. The summed E-state index contributed by atoms with van der Waals surface area (Å²) in [5.41, 5.74) is 7.24. The molecule has 0 aliphatic carbocycles. The van der Waals surface area contributed by atoms with Crippen LogP contribution in [-0.2, 0) is 9.84 Å². The Morgan fingerprint density at radius 2 is 1.78 bits per heavy atom. The summed E-state index contributed by atoms with van der Waals surface area (Å²) in [7, 11) is -1.13. The van der Waals surface area contributed by atoms with Crippen LogP contribution in [0.1, 0.15) is 23.3 Å². The number of hydrogen-bond acceptors (Lipinski definition) is 9. The molecule has 3 N–H and O–H groups in total. The molecule has 2 aromatic rings. The number of nitrogens with one attached hydrogen (secondary N) is 1. The molecule has 3 fully saturated rings. The maximum atomic E-state index is 12.5. The summed E-state index contributed by atoms with van der Waals surface area (Å²) in [5.74, 6) is 0.494. The van der Waals surface area contributed by atoms with E-state index in [1.807, 2.05) is 41.1 Å². The average molecular weight is 529 g/mol. The molecule has 3 saturated heterocycles. The fraction of sp³-hybridized carbons (Fsp3) is 0.500. The van der Waals surface area contributed by atoms with Crippen molar-refractivity contribution >= 4 is 44.8 Å². The van der Waals surface area contributed by atoms with Gasteiger partial charge in [0.25, 0.3) is 5.91 Å². The zero-order chi connectivity index (χ0) is 26.2. The molecule has 198 valence electrons. The molecule has 4 heterocycles. The lowest BCUT2D eigenvalue weighted by atomic mass is 10.0. The Kier molecular flexibility index (Phi) is 6.80. The molecule has 12 nitrogen and oxygen atoms in total. The minimum atomic E-state index is -2.95. The zero-order valence-corrected chi connectivity index (χ0v) is 21.7. The Morgan fingerprint density at radius 3 is 2.43 bits per heavy atom. The van der Waals surface area contributed by atoms with E-state index >= 15 is 0 Å². The Bertz CT molecular complexity index is 1270. The third-order valence-corrected chi connectivity index (χ3v) is 8.85. The van der Waals surface area contributed by atoms with Crippen LogP contribution in [0.4, 0.5) is 27.8 Å². The quantitative estimate of drug-likeness (QED) is 0.558. The van der Waals surface area contributed by atoms with E-state index in [1.165, 1.54) is 0 Å². The lowest BCUT2D eigenvalue weighted by Crippen LogP contribution is -2.49. The van der Waals surface area contributed by atoms with Crippen molar-refractivity contribution in [3.63, 3.8) is 0 Å². The second kappa shape index (κ2) is 10.0. The van der Waals surface area contributed by atoms with Crippen molar-refractivity contribution in [1.82, 2.24) is 19.8 Å². The molecule has 1 atom stereocenters. The number of hydrogen-bond donors (Lipinski definition) is 2. The molecule has 0 saturated carbocycles. The first-order valence-electron chi connectivity index (χ1n) is 12.5. The number of amides is 3. The fourth-order valence-corrected chi connectivity index (χ4v) is 6.29. The summed E-state index contributed by atoms with van der Waals surface area (Å²) in [6.45, 7) is 3.79. The van der Waals surface area contributed by atoms with Crippen LogP contribution in [0.15, 0.2) is 30.5 Å². The molecule has 37 heavy (non-hydrogen) atoms. The lowest BCUT2D eigenvalue weighted by Gasteiger charge is -2.37. The molecule has 3 aliphatic rings. The van der Waals surface area contributed by atoms with Crippen molar-refractivity contribution in [2.75, 3.05) is 72.9 Å². The van der Waals surface area contributed by atoms with Gasteiger partial charge in [-0.1, -0.05) is 0 Å². The summed E-state index contributed by atoms with van der Waals surface area (Å²) in [6, 6.07) is 7.66. The molecule has 5 rings (SSSR count). The predicted molar refractivity (Wildman–Crippen MR) is 141 cm³/mol. The second-order valence-electron chi connectivity index (χ2n) is 9.74. The Balaban J connectivity index is 1.32. The van der Waals surface area contributed by atoms with Crippen molar-refractivity contribution in [3.8, 4) is 0 Å². The highest BCUT2D eigenvalue weighted by molar-refractivity contribution is 7.91. The van der Waals surface area contributed by atoms with E-state index in [1.54, 1.807) is 11.1 Å². The van der Waals surface area contributed by atoms with Gasteiger partial charge in [0.05, 0.1) is 23.7 Å². The SMILES string of the molecule is CN1CCN([C@@H]2CCCN(c3cnc(C(N)=O)c(Nc4ccc(N5CCS(=O)(=O)CC5)cc4)n3)C2)C1=O. The van der Waals surface area contributed by atoms with Crippen LogP contribution in [0.3, 0.4) is 0 Å². The first-order chi connectivity index (χ1) is 17.7. The molecule has 0 radical (unpaired) electrons. The van der Waals surface area contributed by atoms with Crippen LogP contribution in [-0.4, -0.2) is 104 Å². The van der Waals surface area contributed by atoms with Gasteiger partial charge < -0.3 is 30.7 Å². The Morgan fingerprint density at radius 1 is 1.05 bits per heavy atom. The van der Waals surface area contributed by atoms with E-state index in [4.69, 9.17) is 10.7 Å². The van der Waals surface area contributed by atoms with Crippen molar-refractivity contribution < 1.29 is 18.0 Å². The number of likely N-dealkylation sites (N-methyl/N-ethyl adjacent to an activating group) is 1. The Labute approximate surface area is 216 Å². The number of rotatable bonds is 6. The zero-order valence-electron chi connectivity index (χ0n) is 20.8. The van der Waals surface area contributed by atoms with Crippen molar-refractivity contribution in [2.24, 2.45) is 5.73 Å². The molecule has 13 heteroatoms. The van der Waals surface area contributed by atoms with Gasteiger partial charge in [-0.15, -0.1) is 0 Å². The van der Waals surface area contributed by atoms with Crippen LogP contribution in [0.5, 0.6) is 0 Å². The van der Waals surface area contributed by atoms with Gasteiger partial charge in [-0.2, -0.15) is 0 Å². The smallest absolute Gasteiger partial charge is 0.320 e. The molecule has 3 amide bonds. The van der Waals surface area contributed by atoms with Gasteiger partial charge in [0, 0.05) is 57.7 Å². The normalized spacial score (nSPS) is 21.9. The Hall–Kier alpha value is -3.61. The molecule has 0 spiro atoms. The van der Waals surface area contributed by atoms with Crippen LogP contribution < -0.4 is 20.9 Å². The maximum Gasteiger partial charge on any atom is 0.320 e. The van der Waals surface area contributed by atoms with E-state index in [2.05, 4.69) is 15.2 Å². The van der Waals surface area contributed by atoms with Crippen LogP contribution in [0, 0.1) is 0 Å². The molecular formula is C24H32N8O4S. The van der Waals surface area contributed by atoms with E-state index < -0.39 is 15.7 Å². The number of primary amides is 1. The van der Waals surface area contributed by atoms with Crippen molar-refractivity contribution in [3.05, 3.63) is 36.2 Å². The van der Waals surface area contributed by atoms with Gasteiger partial charge in [-0.25, -0.2) is 23.2 Å². The van der Waals surface area contributed by atoms with Crippen molar-refractivity contribution in [1.29, 1.82) is 0 Å². The average Bonchev–Trinajstić information content (AvgIpc) is 3.22. The van der Waals surface area contributed by atoms with Crippen LogP contribution in [0.2, 0.25) is 0 Å². The van der Waals surface area contributed by atoms with Gasteiger partial charge in [0.2, 0.25) is 0 Å². The number of nitrogens with zero attached hydrogens (tertiary/aromatic N) is 6. The summed E-state index contributed by atoms with van der Waals surface area (Å²) in [6.07, 6.45) is 3.40. The second-order valence-corrected chi connectivity index (χ2v) is 12.0. The number of sulfone groups is 1. The summed E-state index contributed by atoms with van der Waals surface area (Å²) >= 11 is 0. The molecule has 0 unspecified atom stereocenters. The minimum absolute atomic E-state index is 0.0407. The highest BCUT2D eigenvalue weighted by Crippen LogP contribution is 2.27. The summed E-state index contributed by atoms with van der Waals surface area (Å²) in [5, 5.41) is 3.17. The topological polar surface area (TPSA) is 145 Å². The van der Waals surface area contributed by atoms with Crippen molar-refractivity contribution in [2.45, 2.75) is 18.9 Å². The standard InChI is InChI=1S/C24H32N8O4S/c1-29-9-10-32(24(29)34)19-3-2-8-31(16-19)20-15-26-21(22(25)33)23(28-20)27-17-4-6-18(7-5-17)30-11-13-37(35,36)14-12-30/h4-7,15,19H,2-3,8-14,16H2,1H3,(H2,25,33)(H,27,28)/t19-/m1/s1. The maximum absolute atomic E-state index is 12.5. The third-order valence-electron chi connectivity index (χ3n) is 7.24. The molecular weight excluding hydrogens is 496 g/mol. The molecule has 3 aliphatic heterocycles. The summed E-state index contributed by atoms with van der Waals surface area (Å²) < 4.78 is 23.4. The minimum Gasteiger partial charge on any atom is -0.369 e. The number of carbonyl (C=O) groups is 2. The van der Waals surface area contributed by atoms with Gasteiger partial charge in [0.15, 0.2) is 21.3 Å². The van der Waals surface area contributed by atoms with Gasteiger partial charge in [0.1, 0.15) is 5.82 Å². The number of carbonyl (C=O) groups excluding carboxylic acids is 2. The highest BCUT2D eigenvalue weighted by atomic mass is 32.2. The van der Waals surface area contributed by atoms with E-state index in [-0.39, 0.29) is 35.1 Å². The van der Waals surface area contributed by atoms with Gasteiger partial charge >= 0.3 is 6.03 Å². The number of benzene rings is 1.